The number of hydrogen-bond donors (Lipinski definition) is 0. The Morgan fingerprint density at radius 1 is 0.769 bits per heavy atom. The average Bonchev–Trinajstić information content (AvgIpc) is 2.65. The molecule has 0 aromatic carbocycles. The lowest BCUT2D eigenvalue weighted by molar-refractivity contribution is -0.145. The van der Waals surface area contributed by atoms with Crippen molar-refractivity contribution in [2.45, 2.75) is 110 Å². The van der Waals surface area contributed by atoms with Crippen molar-refractivity contribution in [3.05, 3.63) is 0 Å². The summed E-state index contributed by atoms with van der Waals surface area (Å²) in [5.74, 6) is 2.69. The first kappa shape index (κ1) is 19.2. The lowest BCUT2D eigenvalue weighted by Crippen LogP contribution is -2.46. The van der Waals surface area contributed by atoms with Crippen molar-refractivity contribution >= 4 is 0 Å². The van der Waals surface area contributed by atoms with E-state index in [1.165, 1.54) is 77.0 Å². The zero-order chi connectivity index (χ0) is 18.2. The van der Waals surface area contributed by atoms with E-state index in [1.54, 1.807) is 0 Å². The van der Waals surface area contributed by atoms with E-state index in [0.29, 0.717) is 23.0 Å². The van der Waals surface area contributed by atoms with Crippen molar-refractivity contribution < 1.29 is 9.47 Å². The molecule has 150 valence electrons. The van der Waals surface area contributed by atoms with Crippen LogP contribution in [0.1, 0.15) is 97.8 Å². The Hall–Kier alpha value is -0.0800. The van der Waals surface area contributed by atoms with Gasteiger partial charge in [-0.25, -0.2) is 0 Å². The lowest BCUT2D eigenvalue weighted by Gasteiger charge is -2.50. The van der Waals surface area contributed by atoms with E-state index in [0.717, 1.165) is 31.0 Å². The van der Waals surface area contributed by atoms with E-state index in [-0.39, 0.29) is 0 Å². The average molecular weight is 363 g/mol. The molecule has 0 aromatic heterocycles. The molecule has 26 heavy (non-hydrogen) atoms. The molecule has 2 nitrogen and oxygen atoms in total. The van der Waals surface area contributed by atoms with E-state index in [2.05, 4.69) is 20.8 Å². The zero-order valence-corrected chi connectivity index (χ0v) is 17.6. The minimum absolute atomic E-state index is 0.482. The molecule has 2 saturated heterocycles. The van der Waals surface area contributed by atoms with Crippen LogP contribution in [-0.4, -0.2) is 25.4 Å². The maximum atomic E-state index is 6.65. The number of ether oxygens (including phenoxy) is 2. The standard InChI is InChI=1S/C24H42O2/c1-18-4-10-23(11-5-18)14-8-22(26-20(23)3)16-21-6-12-24(13-7-21)17-25-15-9-19(24)2/h18-22H,4-17H2,1-3H3/t18?,19-,20+,21?,22?,23?,24?/m0/s1. The Morgan fingerprint density at radius 2 is 1.42 bits per heavy atom. The molecule has 4 rings (SSSR count). The predicted molar refractivity (Wildman–Crippen MR) is 107 cm³/mol. The van der Waals surface area contributed by atoms with E-state index >= 15 is 0 Å². The number of rotatable bonds is 2. The van der Waals surface area contributed by atoms with E-state index < -0.39 is 0 Å². The Balaban J connectivity index is 1.26. The largest absolute Gasteiger partial charge is 0.381 e. The van der Waals surface area contributed by atoms with Crippen LogP contribution in [0.2, 0.25) is 0 Å². The van der Waals surface area contributed by atoms with Gasteiger partial charge in [-0.15, -0.1) is 0 Å². The third kappa shape index (κ3) is 3.75. The first-order chi connectivity index (χ1) is 12.5. The molecule has 3 atom stereocenters. The van der Waals surface area contributed by atoms with Gasteiger partial charge in [-0.1, -0.05) is 26.7 Å². The highest BCUT2D eigenvalue weighted by molar-refractivity contribution is 4.95. The normalized spacial score (nSPS) is 50.2. The molecule has 0 radical (unpaired) electrons. The highest BCUT2D eigenvalue weighted by Gasteiger charge is 2.45. The van der Waals surface area contributed by atoms with Gasteiger partial charge in [0.25, 0.3) is 0 Å². The molecular formula is C24H42O2. The first-order valence-corrected chi connectivity index (χ1v) is 11.7. The maximum absolute atomic E-state index is 6.65. The van der Waals surface area contributed by atoms with Gasteiger partial charge in [0.1, 0.15) is 0 Å². The summed E-state index contributed by atoms with van der Waals surface area (Å²) in [6, 6.07) is 0. The fraction of sp³-hybridized carbons (Fsp3) is 1.00. The molecule has 2 spiro atoms. The predicted octanol–water partition coefficient (Wildman–Crippen LogP) is 6.37. The molecule has 2 aliphatic carbocycles. The van der Waals surface area contributed by atoms with Gasteiger partial charge in [-0.2, -0.15) is 0 Å². The Morgan fingerprint density at radius 3 is 2.08 bits per heavy atom. The molecule has 0 aromatic rings. The third-order valence-corrected chi connectivity index (χ3v) is 9.32. The molecular weight excluding hydrogens is 320 g/mol. The van der Waals surface area contributed by atoms with E-state index in [4.69, 9.17) is 9.47 Å². The minimum atomic E-state index is 0.482. The van der Waals surface area contributed by atoms with Gasteiger partial charge in [0, 0.05) is 6.61 Å². The smallest absolute Gasteiger partial charge is 0.0606 e. The second-order valence-electron chi connectivity index (χ2n) is 10.8. The second kappa shape index (κ2) is 7.74. The summed E-state index contributed by atoms with van der Waals surface area (Å²) in [6.45, 7) is 9.30. The second-order valence-corrected chi connectivity index (χ2v) is 10.8. The topological polar surface area (TPSA) is 18.5 Å². The summed E-state index contributed by atoms with van der Waals surface area (Å²) in [6.07, 6.45) is 17.6. The van der Waals surface area contributed by atoms with Crippen LogP contribution >= 0.6 is 0 Å². The van der Waals surface area contributed by atoms with E-state index in [1.807, 2.05) is 0 Å². The first-order valence-electron chi connectivity index (χ1n) is 11.7. The summed E-state index contributed by atoms with van der Waals surface area (Å²) in [5.41, 5.74) is 1.03. The summed E-state index contributed by atoms with van der Waals surface area (Å²) in [7, 11) is 0. The van der Waals surface area contributed by atoms with Gasteiger partial charge in [0.05, 0.1) is 18.8 Å². The monoisotopic (exact) mass is 362 g/mol. The minimum Gasteiger partial charge on any atom is -0.381 e. The Bertz CT molecular complexity index is 457. The fourth-order valence-corrected chi connectivity index (χ4v) is 6.80. The molecule has 0 bridgehead atoms. The highest BCUT2D eigenvalue weighted by atomic mass is 16.5. The lowest BCUT2D eigenvalue weighted by atomic mass is 9.61. The van der Waals surface area contributed by atoms with Crippen LogP contribution in [0.4, 0.5) is 0 Å². The zero-order valence-electron chi connectivity index (χ0n) is 17.6. The van der Waals surface area contributed by atoms with Gasteiger partial charge in [0.15, 0.2) is 0 Å². The van der Waals surface area contributed by atoms with Crippen molar-refractivity contribution in [1.82, 2.24) is 0 Å². The molecule has 2 heteroatoms. The van der Waals surface area contributed by atoms with Gasteiger partial charge in [-0.3, -0.25) is 0 Å². The summed E-state index contributed by atoms with van der Waals surface area (Å²) < 4.78 is 12.5. The molecule has 2 saturated carbocycles. The summed E-state index contributed by atoms with van der Waals surface area (Å²) in [4.78, 5) is 0. The summed E-state index contributed by atoms with van der Waals surface area (Å²) >= 11 is 0. The van der Waals surface area contributed by atoms with Crippen LogP contribution in [0.25, 0.3) is 0 Å². The molecule has 0 amide bonds. The van der Waals surface area contributed by atoms with Gasteiger partial charge < -0.3 is 9.47 Å². The third-order valence-electron chi connectivity index (χ3n) is 9.32. The van der Waals surface area contributed by atoms with Crippen LogP contribution < -0.4 is 0 Å². The van der Waals surface area contributed by atoms with Gasteiger partial charge in [-0.05, 0) is 99.7 Å². The molecule has 1 unspecified atom stereocenters. The molecule has 0 N–H and O–H groups in total. The highest BCUT2D eigenvalue weighted by Crippen LogP contribution is 2.51. The van der Waals surface area contributed by atoms with E-state index in [9.17, 15) is 0 Å². The quantitative estimate of drug-likeness (QED) is 0.568. The van der Waals surface area contributed by atoms with Crippen LogP contribution in [0.15, 0.2) is 0 Å². The van der Waals surface area contributed by atoms with Gasteiger partial charge >= 0.3 is 0 Å². The van der Waals surface area contributed by atoms with Gasteiger partial charge in [0.2, 0.25) is 0 Å². The molecule has 2 heterocycles. The van der Waals surface area contributed by atoms with Crippen molar-refractivity contribution in [1.29, 1.82) is 0 Å². The molecule has 4 fully saturated rings. The van der Waals surface area contributed by atoms with Crippen LogP contribution in [0.5, 0.6) is 0 Å². The van der Waals surface area contributed by atoms with Crippen molar-refractivity contribution in [3.63, 3.8) is 0 Å². The Labute approximate surface area is 161 Å². The SMILES string of the molecule is CC1CCC2(CC1)CCC(CC1CCC3(CC1)COCC[C@@H]3C)O[C@@H]2C. The van der Waals surface area contributed by atoms with Crippen LogP contribution in [0.3, 0.4) is 0 Å². The number of hydrogen-bond acceptors (Lipinski definition) is 2. The Kier molecular flexibility index (Phi) is 5.73. The summed E-state index contributed by atoms with van der Waals surface area (Å²) in [5, 5.41) is 0. The van der Waals surface area contributed by atoms with Crippen LogP contribution in [0, 0.1) is 28.6 Å². The molecule has 4 aliphatic rings. The van der Waals surface area contributed by atoms with Crippen molar-refractivity contribution in [2.75, 3.05) is 13.2 Å². The van der Waals surface area contributed by atoms with Crippen molar-refractivity contribution in [2.24, 2.45) is 28.6 Å². The fourth-order valence-electron chi connectivity index (χ4n) is 6.80. The molecule has 2 aliphatic heterocycles. The maximum Gasteiger partial charge on any atom is 0.0606 e. The van der Waals surface area contributed by atoms with Crippen molar-refractivity contribution in [3.8, 4) is 0 Å². The van der Waals surface area contributed by atoms with Crippen LogP contribution in [-0.2, 0) is 9.47 Å².